The Hall–Kier alpha value is 0.100. The Morgan fingerprint density at radius 3 is 2.80 bits per heavy atom. The maximum atomic E-state index is 12.6. The van der Waals surface area contributed by atoms with Gasteiger partial charge in [0.15, 0.2) is 0 Å². The van der Waals surface area contributed by atoms with Gasteiger partial charge in [0.2, 0.25) is 5.95 Å². The predicted octanol–water partition coefficient (Wildman–Crippen LogP) is 2.56. The topological polar surface area (TPSA) is 12.9 Å². The molecule has 1 aromatic heterocycles. The van der Waals surface area contributed by atoms with Crippen LogP contribution in [0.1, 0.15) is 5.69 Å². The maximum Gasteiger partial charge on any atom is 0.226 e. The van der Waals surface area contributed by atoms with Gasteiger partial charge in [-0.15, -0.1) is 11.6 Å². The predicted molar refractivity (Wildman–Crippen MR) is 46.5 cm³/mol. The molecule has 1 heterocycles. The standard InChI is InChI=1S/C6H4ClFIN/c7-3-4-1-2-5(9)6(8)10-4/h1-2H,3H2. The Balaban J connectivity index is 3.04. The molecule has 1 rings (SSSR count). The van der Waals surface area contributed by atoms with Gasteiger partial charge >= 0.3 is 0 Å². The van der Waals surface area contributed by atoms with Crippen LogP contribution in [0.3, 0.4) is 0 Å². The molecule has 0 radical (unpaired) electrons. The van der Waals surface area contributed by atoms with Crippen LogP contribution < -0.4 is 0 Å². The van der Waals surface area contributed by atoms with Gasteiger partial charge < -0.3 is 0 Å². The fourth-order valence-corrected chi connectivity index (χ4v) is 0.979. The van der Waals surface area contributed by atoms with Crippen molar-refractivity contribution >= 4 is 34.2 Å². The number of aromatic nitrogens is 1. The molecule has 54 valence electrons. The molecule has 4 heteroatoms. The lowest BCUT2D eigenvalue weighted by molar-refractivity contribution is 0.571. The number of hydrogen-bond donors (Lipinski definition) is 0. The Morgan fingerprint density at radius 1 is 1.60 bits per heavy atom. The molecule has 10 heavy (non-hydrogen) atoms. The van der Waals surface area contributed by atoms with Gasteiger partial charge in [0.1, 0.15) is 0 Å². The number of halogens is 3. The number of nitrogens with zero attached hydrogens (tertiary/aromatic N) is 1. The molecule has 0 aromatic carbocycles. The summed E-state index contributed by atoms with van der Waals surface area (Å²) >= 11 is 7.30. The lowest BCUT2D eigenvalue weighted by Crippen LogP contribution is -1.91. The molecule has 0 unspecified atom stereocenters. The van der Waals surface area contributed by atoms with Crippen molar-refractivity contribution in [3.63, 3.8) is 0 Å². The Labute approximate surface area is 76.7 Å². The van der Waals surface area contributed by atoms with E-state index >= 15 is 0 Å². The highest BCUT2D eigenvalue weighted by Gasteiger charge is 1.99. The first-order chi connectivity index (χ1) is 4.74. The molecule has 0 spiro atoms. The minimum Gasteiger partial charge on any atom is -0.223 e. The molecule has 0 bridgehead atoms. The van der Waals surface area contributed by atoms with Gasteiger partial charge in [-0.25, -0.2) is 4.98 Å². The van der Waals surface area contributed by atoms with Crippen LogP contribution in [0.5, 0.6) is 0 Å². The zero-order chi connectivity index (χ0) is 7.56. The Kier molecular flexibility index (Phi) is 2.85. The van der Waals surface area contributed by atoms with E-state index < -0.39 is 5.95 Å². The quantitative estimate of drug-likeness (QED) is 0.435. The van der Waals surface area contributed by atoms with Gasteiger partial charge in [-0.3, -0.25) is 0 Å². The van der Waals surface area contributed by atoms with Crippen LogP contribution in [0, 0.1) is 9.52 Å². The first-order valence-electron chi connectivity index (χ1n) is 2.61. The smallest absolute Gasteiger partial charge is 0.223 e. The van der Waals surface area contributed by atoms with Crippen LogP contribution in [0.25, 0.3) is 0 Å². The molecule has 1 aromatic rings. The maximum absolute atomic E-state index is 12.6. The highest BCUT2D eigenvalue weighted by atomic mass is 127. The van der Waals surface area contributed by atoms with E-state index in [1.165, 1.54) is 0 Å². The monoisotopic (exact) mass is 271 g/mol. The number of hydrogen-bond acceptors (Lipinski definition) is 1. The van der Waals surface area contributed by atoms with E-state index in [0.29, 0.717) is 9.26 Å². The Morgan fingerprint density at radius 2 is 2.30 bits per heavy atom. The summed E-state index contributed by atoms with van der Waals surface area (Å²) in [4.78, 5) is 3.59. The zero-order valence-corrected chi connectivity index (χ0v) is 7.86. The first-order valence-corrected chi connectivity index (χ1v) is 4.22. The SMILES string of the molecule is Fc1nc(CCl)ccc1I. The van der Waals surface area contributed by atoms with Gasteiger partial charge in [0.05, 0.1) is 15.1 Å². The molecule has 0 amide bonds. The lowest BCUT2D eigenvalue weighted by atomic mass is 10.4. The fourth-order valence-electron chi connectivity index (χ4n) is 0.529. The number of pyridine rings is 1. The third kappa shape index (κ3) is 1.79. The summed E-state index contributed by atoms with van der Waals surface area (Å²) < 4.78 is 13.1. The molecule has 0 aliphatic heterocycles. The van der Waals surface area contributed by atoms with Crippen molar-refractivity contribution in [2.24, 2.45) is 0 Å². The van der Waals surface area contributed by atoms with E-state index in [2.05, 4.69) is 4.98 Å². The summed E-state index contributed by atoms with van der Waals surface area (Å²) in [7, 11) is 0. The van der Waals surface area contributed by atoms with Crippen molar-refractivity contribution in [3.8, 4) is 0 Å². The summed E-state index contributed by atoms with van der Waals surface area (Å²) in [6.07, 6.45) is 0. The van der Waals surface area contributed by atoms with Crippen LogP contribution in [0.15, 0.2) is 12.1 Å². The average Bonchev–Trinajstić information content (AvgIpc) is 1.95. The summed E-state index contributed by atoms with van der Waals surface area (Å²) in [5.74, 6) is -0.188. The van der Waals surface area contributed by atoms with E-state index in [1.807, 2.05) is 22.6 Å². The second-order valence-electron chi connectivity index (χ2n) is 1.71. The van der Waals surface area contributed by atoms with Crippen molar-refractivity contribution < 1.29 is 4.39 Å². The molecular formula is C6H4ClFIN. The average molecular weight is 271 g/mol. The van der Waals surface area contributed by atoms with E-state index in [4.69, 9.17) is 11.6 Å². The second-order valence-corrected chi connectivity index (χ2v) is 3.14. The molecule has 0 fully saturated rings. The highest BCUT2D eigenvalue weighted by Crippen LogP contribution is 2.09. The third-order valence-electron chi connectivity index (χ3n) is 0.998. The van der Waals surface area contributed by atoms with Crippen LogP contribution in [-0.2, 0) is 5.88 Å². The van der Waals surface area contributed by atoms with Crippen molar-refractivity contribution in [2.45, 2.75) is 5.88 Å². The molecule has 0 saturated carbocycles. The summed E-state index contributed by atoms with van der Waals surface area (Å²) in [5.41, 5.74) is 0.569. The van der Waals surface area contributed by atoms with Crippen LogP contribution in [0.2, 0.25) is 0 Å². The molecule has 1 nitrogen and oxygen atoms in total. The van der Waals surface area contributed by atoms with Crippen LogP contribution in [0.4, 0.5) is 4.39 Å². The molecule has 0 N–H and O–H groups in total. The summed E-state index contributed by atoms with van der Waals surface area (Å²) in [6, 6.07) is 3.36. The van der Waals surface area contributed by atoms with E-state index in [-0.39, 0.29) is 5.88 Å². The lowest BCUT2D eigenvalue weighted by Gasteiger charge is -1.94. The molecule has 0 saturated heterocycles. The van der Waals surface area contributed by atoms with Gasteiger partial charge in [-0.2, -0.15) is 4.39 Å². The normalized spacial score (nSPS) is 9.90. The van der Waals surface area contributed by atoms with Crippen molar-refractivity contribution in [3.05, 3.63) is 27.3 Å². The van der Waals surface area contributed by atoms with E-state index in [1.54, 1.807) is 12.1 Å². The van der Waals surface area contributed by atoms with Crippen molar-refractivity contribution in [1.82, 2.24) is 4.98 Å². The molecular weight excluding hydrogens is 267 g/mol. The summed E-state index contributed by atoms with van der Waals surface area (Å²) in [6.45, 7) is 0. The van der Waals surface area contributed by atoms with E-state index in [0.717, 1.165) is 0 Å². The van der Waals surface area contributed by atoms with Gasteiger partial charge in [0, 0.05) is 0 Å². The minimum atomic E-state index is -0.446. The van der Waals surface area contributed by atoms with Crippen LogP contribution >= 0.6 is 34.2 Å². The van der Waals surface area contributed by atoms with Gasteiger partial charge in [-0.05, 0) is 34.7 Å². The molecule has 0 aliphatic rings. The highest BCUT2D eigenvalue weighted by molar-refractivity contribution is 14.1. The van der Waals surface area contributed by atoms with Gasteiger partial charge in [0.25, 0.3) is 0 Å². The van der Waals surface area contributed by atoms with Gasteiger partial charge in [-0.1, -0.05) is 0 Å². The summed E-state index contributed by atoms with van der Waals surface area (Å²) in [5, 5.41) is 0. The number of alkyl halides is 1. The third-order valence-corrected chi connectivity index (χ3v) is 2.08. The first kappa shape index (κ1) is 8.20. The van der Waals surface area contributed by atoms with E-state index in [9.17, 15) is 4.39 Å². The van der Waals surface area contributed by atoms with Crippen molar-refractivity contribution in [1.29, 1.82) is 0 Å². The zero-order valence-electron chi connectivity index (χ0n) is 4.94. The minimum absolute atomic E-state index is 0.258. The van der Waals surface area contributed by atoms with Crippen LogP contribution in [-0.4, -0.2) is 4.98 Å². The second kappa shape index (κ2) is 3.48. The molecule has 0 aliphatic carbocycles. The largest absolute Gasteiger partial charge is 0.226 e. The number of rotatable bonds is 1. The van der Waals surface area contributed by atoms with Crippen molar-refractivity contribution in [2.75, 3.05) is 0 Å². The molecule has 0 atom stereocenters. The Bertz CT molecular complexity index is 241. The fraction of sp³-hybridized carbons (Fsp3) is 0.167.